The van der Waals surface area contributed by atoms with Crippen LogP contribution in [-0.2, 0) is 4.74 Å². The van der Waals surface area contributed by atoms with Gasteiger partial charge in [-0.2, -0.15) is 0 Å². The molecule has 174 valence electrons. The molecule has 0 saturated heterocycles. The molecule has 0 N–H and O–H groups in total. The van der Waals surface area contributed by atoms with Gasteiger partial charge >= 0.3 is 17.6 Å². The number of fused-ring (bicyclic) bond motifs is 2. The molecule has 0 aliphatic heterocycles. The average molecular weight is 460 g/mol. The summed E-state index contributed by atoms with van der Waals surface area (Å²) in [6.07, 6.45) is 0.481. The SMILES string of the molecule is CCCOc1ccc2cc(C(=O)Oc3c(C(=O)OC(C)C)ccc4ccccc34)c(=O)oc2c1. The Hall–Kier alpha value is -4.13. The number of ether oxygens (including phenoxy) is 3. The van der Waals surface area contributed by atoms with Crippen molar-refractivity contribution in [3.05, 3.63) is 82.2 Å². The number of rotatable bonds is 7. The summed E-state index contributed by atoms with van der Waals surface area (Å²) in [4.78, 5) is 38.4. The molecule has 0 spiro atoms. The smallest absolute Gasteiger partial charge is 0.351 e. The van der Waals surface area contributed by atoms with Gasteiger partial charge in [-0.25, -0.2) is 14.4 Å². The maximum absolute atomic E-state index is 13.1. The van der Waals surface area contributed by atoms with Crippen molar-refractivity contribution in [2.24, 2.45) is 0 Å². The number of hydrogen-bond acceptors (Lipinski definition) is 7. The molecule has 0 amide bonds. The molecule has 4 rings (SSSR count). The predicted octanol–water partition coefficient (Wildman–Crippen LogP) is 5.52. The molecule has 3 aromatic carbocycles. The Labute approximate surface area is 195 Å². The number of hydrogen-bond donors (Lipinski definition) is 0. The summed E-state index contributed by atoms with van der Waals surface area (Å²) in [5.41, 5.74) is -0.757. The number of esters is 2. The van der Waals surface area contributed by atoms with Gasteiger partial charge in [-0.05, 0) is 49.9 Å². The molecule has 7 heteroatoms. The van der Waals surface area contributed by atoms with E-state index < -0.39 is 17.6 Å². The van der Waals surface area contributed by atoms with Crippen LogP contribution in [0.4, 0.5) is 0 Å². The van der Waals surface area contributed by atoms with Crippen molar-refractivity contribution in [2.75, 3.05) is 6.61 Å². The Morgan fingerprint density at radius 1 is 0.912 bits per heavy atom. The Balaban J connectivity index is 1.73. The lowest BCUT2D eigenvalue weighted by Gasteiger charge is -2.14. The molecule has 7 nitrogen and oxygen atoms in total. The van der Waals surface area contributed by atoms with Gasteiger partial charge in [0.25, 0.3) is 0 Å². The fourth-order valence-electron chi connectivity index (χ4n) is 3.48. The molecule has 0 aliphatic carbocycles. The minimum absolute atomic E-state index is 0.0246. The first kappa shape index (κ1) is 23.0. The quantitative estimate of drug-likeness (QED) is 0.204. The minimum Gasteiger partial charge on any atom is -0.493 e. The monoisotopic (exact) mass is 460 g/mol. The molecule has 0 unspecified atom stereocenters. The highest BCUT2D eigenvalue weighted by Gasteiger charge is 2.23. The van der Waals surface area contributed by atoms with Crippen LogP contribution in [0.3, 0.4) is 0 Å². The second-order valence-corrected chi connectivity index (χ2v) is 8.00. The topological polar surface area (TPSA) is 92.0 Å². The maximum Gasteiger partial charge on any atom is 0.351 e. The fourth-order valence-corrected chi connectivity index (χ4v) is 3.48. The first-order valence-corrected chi connectivity index (χ1v) is 11.0. The minimum atomic E-state index is -0.933. The van der Waals surface area contributed by atoms with Crippen molar-refractivity contribution >= 4 is 33.7 Å². The van der Waals surface area contributed by atoms with Gasteiger partial charge in [-0.3, -0.25) is 0 Å². The van der Waals surface area contributed by atoms with E-state index in [1.807, 2.05) is 19.1 Å². The standard InChI is InChI=1S/C27H24O7/c1-4-13-31-19-11-9-18-14-22(26(29)33-23(18)15-19)27(30)34-24-20-8-6-5-7-17(20)10-12-21(24)25(28)32-16(2)3/h5-12,14-16H,4,13H2,1-3H3. The summed E-state index contributed by atoms with van der Waals surface area (Å²) >= 11 is 0. The molecular weight excluding hydrogens is 436 g/mol. The molecule has 1 heterocycles. The van der Waals surface area contributed by atoms with Crippen molar-refractivity contribution in [1.82, 2.24) is 0 Å². The van der Waals surface area contributed by atoms with Crippen LogP contribution in [0.25, 0.3) is 21.7 Å². The van der Waals surface area contributed by atoms with Crippen LogP contribution in [-0.4, -0.2) is 24.6 Å². The summed E-state index contributed by atoms with van der Waals surface area (Å²) in [6, 6.07) is 16.9. The van der Waals surface area contributed by atoms with Crippen molar-refractivity contribution in [3.63, 3.8) is 0 Å². The van der Waals surface area contributed by atoms with Gasteiger partial charge in [0.1, 0.15) is 22.5 Å². The third kappa shape index (κ3) is 4.78. The zero-order valence-corrected chi connectivity index (χ0v) is 19.1. The highest BCUT2D eigenvalue weighted by Crippen LogP contribution is 2.31. The van der Waals surface area contributed by atoms with Crippen LogP contribution in [0.2, 0.25) is 0 Å². The van der Waals surface area contributed by atoms with Gasteiger partial charge in [-0.1, -0.05) is 37.3 Å². The van der Waals surface area contributed by atoms with E-state index in [-0.39, 0.29) is 23.0 Å². The van der Waals surface area contributed by atoms with Crippen molar-refractivity contribution in [3.8, 4) is 11.5 Å². The first-order chi connectivity index (χ1) is 16.4. The Bertz CT molecular complexity index is 1430. The van der Waals surface area contributed by atoms with Gasteiger partial charge in [0.15, 0.2) is 5.75 Å². The van der Waals surface area contributed by atoms with E-state index in [2.05, 4.69) is 0 Å². The predicted molar refractivity (Wildman–Crippen MR) is 128 cm³/mol. The van der Waals surface area contributed by atoms with E-state index in [1.165, 1.54) is 12.1 Å². The summed E-state index contributed by atoms with van der Waals surface area (Å²) < 4.78 is 21.9. The van der Waals surface area contributed by atoms with E-state index in [1.54, 1.807) is 50.2 Å². The Kier molecular flexibility index (Phi) is 6.63. The zero-order valence-electron chi connectivity index (χ0n) is 19.1. The normalized spacial score (nSPS) is 11.1. The van der Waals surface area contributed by atoms with E-state index in [0.29, 0.717) is 28.7 Å². The number of carbonyl (C=O) groups excluding carboxylic acids is 2. The second-order valence-electron chi connectivity index (χ2n) is 8.00. The van der Waals surface area contributed by atoms with E-state index in [9.17, 15) is 14.4 Å². The van der Waals surface area contributed by atoms with Crippen LogP contribution < -0.4 is 15.1 Å². The highest BCUT2D eigenvalue weighted by atomic mass is 16.6. The van der Waals surface area contributed by atoms with Crippen LogP contribution in [0, 0.1) is 0 Å². The fraction of sp³-hybridized carbons (Fsp3) is 0.222. The van der Waals surface area contributed by atoms with Crippen LogP contribution in [0.5, 0.6) is 11.5 Å². The molecule has 1 aromatic heterocycles. The van der Waals surface area contributed by atoms with E-state index >= 15 is 0 Å². The van der Waals surface area contributed by atoms with E-state index in [0.717, 1.165) is 11.8 Å². The molecule has 0 atom stereocenters. The summed E-state index contributed by atoms with van der Waals surface area (Å²) in [6.45, 7) is 5.98. The van der Waals surface area contributed by atoms with Crippen LogP contribution in [0.1, 0.15) is 47.9 Å². The molecule has 0 aliphatic rings. The lowest BCUT2D eigenvalue weighted by Crippen LogP contribution is -2.20. The van der Waals surface area contributed by atoms with Crippen molar-refractivity contribution in [2.45, 2.75) is 33.3 Å². The Morgan fingerprint density at radius 3 is 2.44 bits per heavy atom. The van der Waals surface area contributed by atoms with E-state index in [4.69, 9.17) is 18.6 Å². The highest BCUT2D eigenvalue weighted by molar-refractivity contribution is 6.04. The Morgan fingerprint density at radius 2 is 1.68 bits per heavy atom. The van der Waals surface area contributed by atoms with Gasteiger partial charge in [-0.15, -0.1) is 0 Å². The summed E-state index contributed by atoms with van der Waals surface area (Å²) in [5.74, 6) is -0.973. The van der Waals surface area contributed by atoms with Crippen LogP contribution in [0.15, 0.2) is 69.9 Å². The summed E-state index contributed by atoms with van der Waals surface area (Å²) in [5, 5.41) is 1.83. The second kappa shape index (κ2) is 9.79. The molecule has 4 aromatic rings. The molecule has 0 fully saturated rings. The third-order valence-corrected chi connectivity index (χ3v) is 5.04. The van der Waals surface area contributed by atoms with Crippen molar-refractivity contribution < 1.29 is 28.2 Å². The van der Waals surface area contributed by atoms with Crippen molar-refractivity contribution in [1.29, 1.82) is 0 Å². The van der Waals surface area contributed by atoms with Gasteiger partial charge < -0.3 is 18.6 Å². The number of carbonyl (C=O) groups is 2. The van der Waals surface area contributed by atoms with Crippen LogP contribution >= 0.6 is 0 Å². The summed E-state index contributed by atoms with van der Waals surface area (Å²) in [7, 11) is 0. The molecular formula is C27H24O7. The number of benzene rings is 3. The first-order valence-electron chi connectivity index (χ1n) is 11.0. The molecule has 0 saturated carbocycles. The molecule has 0 radical (unpaired) electrons. The van der Waals surface area contributed by atoms with Gasteiger partial charge in [0.2, 0.25) is 0 Å². The molecule has 0 bridgehead atoms. The van der Waals surface area contributed by atoms with Gasteiger partial charge in [0.05, 0.1) is 12.7 Å². The average Bonchev–Trinajstić information content (AvgIpc) is 2.81. The lowest BCUT2D eigenvalue weighted by molar-refractivity contribution is 0.0374. The largest absolute Gasteiger partial charge is 0.493 e. The zero-order chi connectivity index (χ0) is 24.2. The maximum atomic E-state index is 13.1. The third-order valence-electron chi connectivity index (χ3n) is 5.04. The lowest BCUT2D eigenvalue weighted by atomic mass is 10.1. The molecule has 34 heavy (non-hydrogen) atoms. The van der Waals surface area contributed by atoms with Gasteiger partial charge in [0, 0.05) is 16.8 Å².